The van der Waals surface area contributed by atoms with Crippen LogP contribution in [0.4, 0.5) is 14.6 Å². The number of rotatable bonds is 9. The number of nitrogens with one attached hydrogen (secondary N) is 2. The second kappa shape index (κ2) is 9.36. The molecule has 0 bridgehead atoms. The van der Waals surface area contributed by atoms with Gasteiger partial charge in [-0.3, -0.25) is 9.59 Å². The zero-order chi connectivity index (χ0) is 22.6. The molecule has 2 N–H and O–H groups in total. The molecule has 1 saturated carbocycles. The third-order valence-corrected chi connectivity index (χ3v) is 4.89. The van der Waals surface area contributed by atoms with E-state index in [0.717, 1.165) is 12.8 Å². The minimum atomic E-state index is -2.90. The molecule has 1 aliphatic rings. The molecule has 2 aromatic heterocycles. The van der Waals surface area contributed by atoms with Crippen molar-refractivity contribution in [3.8, 4) is 5.88 Å². The first-order valence-corrected chi connectivity index (χ1v) is 10.2. The number of aryl methyl sites for hydroxylation is 2. The average molecular weight is 432 g/mol. The van der Waals surface area contributed by atoms with E-state index < -0.39 is 12.5 Å². The average Bonchev–Trinajstić information content (AvgIpc) is 3.56. The molecule has 0 atom stereocenters. The van der Waals surface area contributed by atoms with Crippen LogP contribution in [0, 0.1) is 19.8 Å². The Morgan fingerprint density at radius 2 is 1.97 bits per heavy atom. The van der Waals surface area contributed by atoms with Crippen LogP contribution >= 0.6 is 0 Å². The molecule has 1 fully saturated rings. The molecule has 3 rings (SSSR count). The molecule has 0 spiro atoms. The smallest absolute Gasteiger partial charge is 0.281 e. The van der Waals surface area contributed by atoms with E-state index in [-0.39, 0.29) is 36.6 Å². The summed E-state index contributed by atoms with van der Waals surface area (Å²) in [5.74, 6) is -2.78. The number of halogens is 2. The fourth-order valence-electron chi connectivity index (χ4n) is 2.87. The second-order valence-corrected chi connectivity index (χ2v) is 7.79. The van der Waals surface area contributed by atoms with E-state index >= 15 is 0 Å². The van der Waals surface area contributed by atoms with Crippen molar-refractivity contribution in [2.75, 3.05) is 11.9 Å². The van der Waals surface area contributed by atoms with Crippen molar-refractivity contribution in [3.63, 3.8) is 0 Å². The number of alkyl halides is 2. The van der Waals surface area contributed by atoms with Crippen molar-refractivity contribution in [2.24, 2.45) is 5.92 Å². The molecule has 2 amide bonds. The van der Waals surface area contributed by atoms with Crippen LogP contribution in [0.3, 0.4) is 0 Å². The number of amides is 2. The maximum Gasteiger partial charge on any atom is 0.281 e. The quantitative estimate of drug-likeness (QED) is 0.629. The summed E-state index contributed by atoms with van der Waals surface area (Å²) < 4.78 is 31.9. The number of carbonyl (C=O) groups is 2. The van der Waals surface area contributed by atoms with E-state index in [1.165, 1.54) is 19.2 Å². The number of ether oxygens (including phenoxy) is 1. The molecule has 7 nitrogen and oxygen atoms in total. The fourth-order valence-corrected chi connectivity index (χ4v) is 2.87. The molecule has 2 aromatic rings. The lowest BCUT2D eigenvalue weighted by molar-refractivity contribution is -0.117. The standard InChI is InChI=1S/C22H26F2N4O3/c1-4-22(23,24)12-31-21-13(2)7-15(11-26-21)10-25-19(29)17-8-14(3)27-18(9-17)28-20(30)16-5-6-16/h7-9,11,16H,4-6,10,12H2,1-3H3,(H,25,29)(H,27,28,30). The van der Waals surface area contributed by atoms with Crippen molar-refractivity contribution in [1.29, 1.82) is 0 Å². The van der Waals surface area contributed by atoms with Gasteiger partial charge in [0.05, 0.1) is 0 Å². The van der Waals surface area contributed by atoms with E-state index in [2.05, 4.69) is 20.6 Å². The van der Waals surface area contributed by atoms with Gasteiger partial charge >= 0.3 is 0 Å². The van der Waals surface area contributed by atoms with Crippen molar-refractivity contribution in [3.05, 3.63) is 46.8 Å². The summed E-state index contributed by atoms with van der Waals surface area (Å²) in [4.78, 5) is 32.9. The summed E-state index contributed by atoms with van der Waals surface area (Å²) in [6.45, 7) is 4.32. The second-order valence-electron chi connectivity index (χ2n) is 7.79. The summed E-state index contributed by atoms with van der Waals surface area (Å²) in [6.07, 6.45) is 2.93. The lowest BCUT2D eigenvalue weighted by atomic mass is 10.2. The highest BCUT2D eigenvalue weighted by atomic mass is 19.3. The number of aromatic nitrogens is 2. The minimum absolute atomic E-state index is 0.0375. The van der Waals surface area contributed by atoms with Gasteiger partial charge in [0.1, 0.15) is 5.82 Å². The van der Waals surface area contributed by atoms with E-state index in [9.17, 15) is 18.4 Å². The molecule has 31 heavy (non-hydrogen) atoms. The maximum absolute atomic E-state index is 13.4. The van der Waals surface area contributed by atoms with Crippen LogP contribution in [0.15, 0.2) is 24.4 Å². The van der Waals surface area contributed by atoms with E-state index in [0.29, 0.717) is 28.2 Å². The van der Waals surface area contributed by atoms with Crippen molar-refractivity contribution in [2.45, 2.75) is 52.5 Å². The normalized spacial score (nSPS) is 13.6. The van der Waals surface area contributed by atoms with Gasteiger partial charge < -0.3 is 15.4 Å². The SMILES string of the molecule is CCC(F)(F)COc1ncc(CNC(=O)c2cc(C)nc(NC(=O)C3CC3)c2)cc1C. The number of nitrogens with zero attached hydrogens (tertiary/aromatic N) is 2. The van der Waals surface area contributed by atoms with Gasteiger partial charge in [-0.05, 0) is 50.5 Å². The molecule has 0 saturated heterocycles. The van der Waals surface area contributed by atoms with Crippen LogP contribution in [-0.2, 0) is 11.3 Å². The minimum Gasteiger partial charge on any atom is -0.471 e. The summed E-state index contributed by atoms with van der Waals surface area (Å²) in [7, 11) is 0. The summed E-state index contributed by atoms with van der Waals surface area (Å²) in [6, 6.07) is 4.90. The van der Waals surface area contributed by atoms with Crippen LogP contribution in [0.2, 0.25) is 0 Å². The molecule has 0 aromatic carbocycles. The first-order valence-electron chi connectivity index (χ1n) is 10.2. The van der Waals surface area contributed by atoms with Crippen LogP contribution < -0.4 is 15.4 Å². The molecule has 9 heteroatoms. The molecule has 1 aliphatic carbocycles. The molecule has 0 aliphatic heterocycles. The van der Waals surface area contributed by atoms with Crippen LogP contribution in [-0.4, -0.2) is 34.3 Å². The van der Waals surface area contributed by atoms with Crippen molar-refractivity contribution >= 4 is 17.6 Å². The number of hydrogen-bond acceptors (Lipinski definition) is 5. The lowest BCUT2D eigenvalue weighted by Gasteiger charge is -2.16. The molecule has 0 unspecified atom stereocenters. The Labute approximate surface area is 179 Å². The first kappa shape index (κ1) is 22.6. The van der Waals surface area contributed by atoms with Gasteiger partial charge in [-0.1, -0.05) is 6.92 Å². The summed E-state index contributed by atoms with van der Waals surface area (Å²) >= 11 is 0. The Kier molecular flexibility index (Phi) is 6.82. The summed E-state index contributed by atoms with van der Waals surface area (Å²) in [5, 5.41) is 5.54. The monoisotopic (exact) mass is 432 g/mol. The Morgan fingerprint density at radius 1 is 1.23 bits per heavy atom. The Morgan fingerprint density at radius 3 is 2.61 bits per heavy atom. The van der Waals surface area contributed by atoms with E-state index in [1.54, 1.807) is 26.0 Å². The number of hydrogen-bond donors (Lipinski definition) is 2. The molecular formula is C22H26F2N4O3. The third kappa shape index (κ3) is 6.44. The number of carbonyl (C=O) groups excluding carboxylic acids is 2. The molecule has 0 radical (unpaired) electrons. The highest BCUT2D eigenvalue weighted by molar-refractivity contribution is 5.97. The third-order valence-electron chi connectivity index (χ3n) is 4.89. The van der Waals surface area contributed by atoms with Crippen molar-refractivity contribution in [1.82, 2.24) is 15.3 Å². The van der Waals surface area contributed by atoms with Gasteiger partial charge in [-0.2, -0.15) is 0 Å². The van der Waals surface area contributed by atoms with Gasteiger partial charge in [0.25, 0.3) is 11.8 Å². The molecular weight excluding hydrogens is 406 g/mol. The van der Waals surface area contributed by atoms with Crippen molar-refractivity contribution < 1.29 is 23.1 Å². The highest BCUT2D eigenvalue weighted by Crippen LogP contribution is 2.30. The van der Waals surface area contributed by atoms with Gasteiger partial charge in [0.15, 0.2) is 6.61 Å². The van der Waals surface area contributed by atoms with Crippen LogP contribution in [0.5, 0.6) is 5.88 Å². The number of anilines is 1. The Hall–Kier alpha value is -3.10. The van der Waals surface area contributed by atoms with Gasteiger partial charge in [0, 0.05) is 41.9 Å². The van der Waals surface area contributed by atoms with Crippen LogP contribution in [0.1, 0.15) is 53.4 Å². The summed E-state index contributed by atoms with van der Waals surface area (Å²) in [5.41, 5.74) is 2.30. The number of pyridine rings is 2. The lowest BCUT2D eigenvalue weighted by Crippen LogP contribution is -2.25. The topological polar surface area (TPSA) is 93.2 Å². The molecule has 2 heterocycles. The predicted octanol–water partition coefficient (Wildman–Crippen LogP) is 3.80. The largest absolute Gasteiger partial charge is 0.471 e. The molecule has 166 valence electrons. The van der Waals surface area contributed by atoms with Crippen LogP contribution in [0.25, 0.3) is 0 Å². The fraction of sp³-hybridized carbons (Fsp3) is 0.455. The predicted molar refractivity (Wildman–Crippen MR) is 111 cm³/mol. The highest BCUT2D eigenvalue weighted by Gasteiger charge is 2.30. The van der Waals surface area contributed by atoms with E-state index in [4.69, 9.17) is 4.74 Å². The Balaban J connectivity index is 1.59. The zero-order valence-corrected chi connectivity index (χ0v) is 17.8. The Bertz CT molecular complexity index is 977. The maximum atomic E-state index is 13.4. The van der Waals surface area contributed by atoms with Gasteiger partial charge in [-0.25, -0.2) is 18.7 Å². The van der Waals surface area contributed by atoms with E-state index in [1.807, 2.05) is 0 Å². The van der Waals surface area contributed by atoms with Gasteiger partial charge in [-0.15, -0.1) is 0 Å². The first-order chi connectivity index (χ1) is 14.7. The van der Waals surface area contributed by atoms with Gasteiger partial charge in [0.2, 0.25) is 11.8 Å². The zero-order valence-electron chi connectivity index (χ0n) is 17.8.